The van der Waals surface area contributed by atoms with Gasteiger partial charge in [0.25, 0.3) is 0 Å². The standard InChI is InChI=1S/C12H8FNO2/c13-8-5-6-10(14-7-8)9-3-1-2-4-11(15)12(9)16/h1-7H,(H,15,16). The Morgan fingerprint density at radius 1 is 1.12 bits per heavy atom. The van der Waals surface area contributed by atoms with E-state index in [0.29, 0.717) is 5.69 Å². The molecular formula is C12H8FNO2. The number of aromatic hydroxyl groups is 1. The van der Waals surface area contributed by atoms with Crippen molar-refractivity contribution in [2.24, 2.45) is 0 Å². The Morgan fingerprint density at radius 3 is 2.56 bits per heavy atom. The van der Waals surface area contributed by atoms with Crippen molar-refractivity contribution < 1.29 is 9.50 Å². The maximum atomic E-state index is 12.7. The van der Waals surface area contributed by atoms with Crippen LogP contribution in [0.5, 0.6) is 5.75 Å². The van der Waals surface area contributed by atoms with Crippen LogP contribution in [0.25, 0.3) is 11.3 Å². The largest absolute Gasteiger partial charge is 0.504 e. The minimum absolute atomic E-state index is 0.287. The van der Waals surface area contributed by atoms with Gasteiger partial charge in [0.15, 0.2) is 5.75 Å². The van der Waals surface area contributed by atoms with Gasteiger partial charge < -0.3 is 5.11 Å². The second kappa shape index (κ2) is 4.10. The van der Waals surface area contributed by atoms with Gasteiger partial charge in [0, 0.05) is 5.56 Å². The van der Waals surface area contributed by atoms with E-state index in [1.165, 1.54) is 24.3 Å². The third kappa shape index (κ3) is 1.91. The Bertz CT molecular complexity index is 567. The average molecular weight is 217 g/mol. The van der Waals surface area contributed by atoms with E-state index in [1.54, 1.807) is 12.1 Å². The van der Waals surface area contributed by atoms with Crippen LogP contribution in [0.15, 0.2) is 47.4 Å². The fourth-order valence-corrected chi connectivity index (χ4v) is 1.33. The highest BCUT2D eigenvalue weighted by atomic mass is 19.1. The second-order valence-corrected chi connectivity index (χ2v) is 3.21. The molecule has 0 saturated heterocycles. The van der Waals surface area contributed by atoms with Crippen LogP contribution in [-0.4, -0.2) is 10.1 Å². The zero-order valence-corrected chi connectivity index (χ0v) is 8.22. The lowest BCUT2D eigenvalue weighted by atomic mass is 10.1. The lowest BCUT2D eigenvalue weighted by molar-refractivity contribution is 0.473. The number of rotatable bonds is 1. The van der Waals surface area contributed by atoms with Crippen molar-refractivity contribution in [3.63, 3.8) is 0 Å². The molecule has 2 aromatic rings. The van der Waals surface area contributed by atoms with Gasteiger partial charge in [-0.05, 0) is 24.3 Å². The Hall–Kier alpha value is -2.23. The zero-order chi connectivity index (χ0) is 11.5. The molecule has 0 bridgehead atoms. The highest BCUT2D eigenvalue weighted by Crippen LogP contribution is 2.22. The van der Waals surface area contributed by atoms with Gasteiger partial charge in [0.1, 0.15) is 5.82 Å². The molecule has 1 heterocycles. The summed E-state index contributed by atoms with van der Waals surface area (Å²) in [5, 5.41) is 9.63. The summed E-state index contributed by atoms with van der Waals surface area (Å²) in [7, 11) is 0. The molecule has 0 aliphatic rings. The van der Waals surface area contributed by atoms with Crippen molar-refractivity contribution in [1.29, 1.82) is 0 Å². The smallest absolute Gasteiger partial charge is 0.220 e. The van der Waals surface area contributed by atoms with Crippen molar-refractivity contribution >= 4 is 0 Å². The summed E-state index contributed by atoms with van der Waals surface area (Å²) < 4.78 is 12.7. The molecule has 0 atom stereocenters. The van der Waals surface area contributed by atoms with Crippen LogP contribution in [0.4, 0.5) is 4.39 Å². The molecule has 0 aliphatic carbocycles. The molecular weight excluding hydrogens is 209 g/mol. The lowest BCUT2D eigenvalue weighted by Gasteiger charge is -1.99. The molecule has 1 aromatic heterocycles. The fourth-order valence-electron chi connectivity index (χ4n) is 1.33. The minimum Gasteiger partial charge on any atom is -0.504 e. The number of nitrogens with zero attached hydrogens (tertiary/aromatic N) is 1. The quantitative estimate of drug-likeness (QED) is 0.794. The van der Waals surface area contributed by atoms with Gasteiger partial charge in [-0.25, -0.2) is 4.39 Å². The van der Waals surface area contributed by atoms with Crippen LogP contribution in [0.3, 0.4) is 0 Å². The van der Waals surface area contributed by atoms with Gasteiger partial charge in [-0.2, -0.15) is 0 Å². The topological polar surface area (TPSA) is 50.2 Å². The lowest BCUT2D eigenvalue weighted by Crippen LogP contribution is -1.95. The Balaban J connectivity index is 2.66. The van der Waals surface area contributed by atoms with E-state index in [4.69, 9.17) is 0 Å². The summed E-state index contributed by atoms with van der Waals surface area (Å²) in [6.45, 7) is 0. The number of pyridine rings is 1. The molecule has 80 valence electrons. The Kier molecular flexibility index (Phi) is 2.64. The van der Waals surface area contributed by atoms with E-state index in [2.05, 4.69) is 4.98 Å². The van der Waals surface area contributed by atoms with E-state index in [0.717, 1.165) is 6.20 Å². The van der Waals surface area contributed by atoms with Crippen molar-refractivity contribution in [2.75, 3.05) is 0 Å². The summed E-state index contributed by atoms with van der Waals surface area (Å²) >= 11 is 0. The van der Waals surface area contributed by atoms with Gasteiger partial charge in [0.2, 0.25) is 5.43 Å². The predicted molar refractivity (Wildman–Crippen MR) is 57.6 cm³/mol. The van der Waals surface area contributed by atoms with Gasteiger partial charge in [0.05, 0.1) is 11.9 Å². The summed E-state index contributed by atoms with van der Waals surface area (Å²) in [4.78, 5) is 15.1. The number of halogens is 1. The van der Waals surface area contributed by atoms with Crippen LogP contribution in [0.2, 0.25) is 0 Å². The van der Waals surface area contributed by atoms with E-state index in [1.807, 2.05) is 0 Å². The van der Waals surface area contributed by atoms with Crippen LogP contribution in [0, 0.1) is 5.82 Å². The molecule has 0 amide bonds. The summed E-state index contributed by atoms with van der Waals surface area (Å²) in [6.07, 6.45) is 1.03. The van der Waals surface area contributed by atoms with Crippen LogP contribution < -0.4 is 5.43 Å². The molecule has 0 unspecified atom stereocenters. The third-order valence-corrected chi connectivity index (χ3v) is 2.11. The molecule has 2 rings (SSSR count). The molecule has 0 radical (unpaired) electrons. The van der Waals surface area contributed by atoms with E-state index >= 15 is 0 Å². The Morgan fingerprint density at radius 2 is 1.88 bits per heavy atom. The summed E-state index contributed by atoms with van der Waals surface area (Å²) in [5.74, 6) is -0.852. The van der Waals surface area contributed by atoms with E-state index in [9.17, 15) is 14.3 Å². The van der Waals surface area contributed by atoms with Gasteiger partial charge in [-0.3, -0.25) is 9.78 Å². The molecule has 0 aliphatic heterocycles. The fraction of sp³-hybridized carbons (Fsp3) is 0. The van der Waals surface area contributed by atoms with Crippen molar-refractivity contribution in [2.45, 2.75) is 0 Å². The summed E-state index contributed by atoms with van der Waals surface area (Å²) in [5.41, 5.74) is 0.147. The first-order valence-electron chi connectivity index (χ1n) is 4.63. The summed E-state index contributed by atoms with van der Waals surface area (Å²) in [6, 6.07) is 8.57. The monoisotopic (exact) mass is 217 g/mol. The Labute approximate surface area is 90.8 Å². The second-order valence-electron chi connectivity index (χ2n) is 3.21. The predicted octanol–water partition coefficient (Wildman–Crippen LogP) is 1.95. The normalized spacial score (nSPS) is 10.1. The highest BCUT2D eigenvalue weighted by molar-refractivity contribution is 5.65. The average Bonchev–Trinajstić information content (AvgIpc) is 2.44. The van der Waals surface area contributed by atoms with Gasteiger partial charge in [-0.15, -0.1) is 0 Å². The first-order valence-corrected chi connectivity index (χ1v) is 4.63. The highest BCUT2D eigenvalue weighted by Gasteiger charge is 2.06. The van der Waals surface area contributed by atoms with Gasteiger partial charge in [-0.1, -0.05) is 12.1 Å². The molecule has 0 saturated carbocycles. The molecule has 4 heteroatoms. The van der Waals surface area contributed by atoms with Crippen molar-refractivity contribution in [1.82, 2.24) is 4.98 Å². The molecule has 0 spiro atoms. The van der Waals surface area contributed by atoms with Crippen molar-refractivity contribution in [3.05, 3.63) is 58.6 Å². The third-order valence-electron chi connectivity index (χ3n) is 2.11. The molecule has 3 nitrogen and oxygen atoms in total. The van der Waals surface area contributed by atoms with Crippen molar-refractivity contribution in [3.8, 4) is 17.0 Å². The minimum atomic E-state index is -0.494. The number of aromatic nitrogens is 1. The number of hydrogen-bond donors (Lipinski definition) is 1. The maximum Gasteiger partial charge on any atom is 0.220 e. The van der Waals surface area contributed by atoms with E-state index in [-0.39, 0.29) is 11.3 Å². The van der Waals surface area contributed by atoms with Crippen LogP contribution in [0.1, 0.15) is 0 Å². The molecule has 1 aromatic carbocycles. The maximum absolute atomic E-state index is 12.7. The van der Waals surface area contributed by atoms with Crippen LogP contribution in [-0.2, 0) is 0 Å². The number of hydrogen-bond acceptors (Lipinski definition) is 3. The molecule has 1 N–H and O–H groups in total. The first-order chi connectivity index (χ1) is 7.68. The molecule has 16 heavy (non-hydrogen) atoms. The van der Waals surface area contributed by atoms with Gasteiger partial charge >= 0.3 is 0 Å². The first kappa shape index (κ1) is 10.3. The SMILES string of the molecule is O=c1ccccc(-c2ccc(F)cn2)c1O. The zero-order valence-electron chi connectivity index (χ0n) is 8.22. The van der Waals surface area contributed by atoms with Crippen LogP contribution >= 0.6 is 0 Å². The van der Waals surface area contributed by atoms with E-state index < -0.39 is 11.2 Å². The molecule has 0 fully saturated rings.